The zero-order chi connectivity index (χ0) is 22.2. The summed E-state index contributed by atoms with van der Waals surface area (Å²) >= 11 is 0. The van der Waals surface area contributed by atoms with E-state index in [-0.39, 0.29) is 23.8 Å². The third-order valence-corrected chi connectivity index (χ3v) is 11.2. The Morgan fingerprint density at radius 2 is 1.57 bits per heavy atom. The third-order valence-electron chi connectivity index (χ3n) is 5.64. The van der Waals surface area contributed by atoms with E-state index in [4.69, 9.17) is 14.2 Å². The molecule has 0 fully saturated rings. The number of esters is 3. The number of ether oxygens (including phenoxy) is 3. The summed E-state index contributed by atoms with van der Waals surface area (Å²) in [6, 6.07) is 0. The minimum atomic E-state index is -2.07. The standard InChI is InChI=1S/C21H36O6Si/c1-10-11-14-21(18(23)25-6,19(24)26-7)15-12-13-17(27-16(2)22)28(8,9)20(3,4)5/h10,12-13,17H,1,11,14-15H2,2-9H3/b13-12+/t17-/m1/s1. The van der Waals surface area contributed by atoms with Gasteiger partial charge in [-0.2, -0.15) is 0 Å². The molecule has 0 aromatic carbocycles. The maximum atomic E-state index is 12.5. The van der Waals surface area contributed by atoms with Crippen molar-refractivity contribution in [3.05, 3.63) is 24.8 Å². The van der Waals surface area contributed by atoms with Crippen molar-refractivity contribution in [3.63, 3.8) is 0 Å². The van der Waals surface area contributed by atoms with Gasteiger partial charge in [0.2, 0.25) is 0 Å². The Balaban J connectivity index is 5.93. The number of methoxy groups -OCH3 is 2. The molecule has 0 unspecified atom stereocenters. The van der Waals surface area contributed by atoms with Crippen molar-refractivity contribution in [2.45, 2.75) is 70.8 Å². The van der Waals surface area contributed by atoms with Crippen molar-refractivity contribution >= 4 is 26.0 Å². The van der Waals surface area contributed by atoms with Gasteiger partial charge in [-0.15, -0.1) is 6.58 Å². The molecule has 6 nitrogen and oxygen atoms in total. The minimum Gasteiger partial charge on any atom is -0.468 e. The average molecular weight is 413 g/mol. The predicted octanol–water partition coefficient (Wildman–Crippen LogP) is 4.21. The number of carbonyl (C=O) groups is 3. The fourth-order valence-electron chi connectivity index (χ4n) is 2.72. The van der Waals surface area contributed by atoms with Crippen LogP contribution in [0.2, 0.25) is 18.1 Å². The van der Waals surface area contributed by atoms with E-state index in [2.05, 4.69) is 40.4 Å². The fraction of sp³-hybridized carbons (Fsp3) is 0.667. The number of rotatable bonds is 10. The maximum absolute atomic E-state index is 12.5. The van der Waals surface area contributed by atoms with Crippen LogP contribution in [0.25, 0.3) is 0 Å². The molecule has 0 saturated carbocycles. The Kier molecular flexibility index (Phi) is 9.88. The molecule has 28 heavy (non-hydrogen) atoms. The van der Waals surface area contributed by atoms with Crippen LogP contribution in [0.5, 0.6) is 0 Å². The van der Waals surface area contributed by atoms with Crippen LogP contribution < -0.4 is 0 Å². The van der Waals surface area contributed by atoms with Crippen LogP contribution in [0.15, 0.2) is 24.8 Å². The second kappa shape index (κ2) is 10.6. The summed E-state index contributed by atoms with van der Waals surface area (Å²) in [4.78, 5) is 36.6. The molecule has 0 amide bonds. The van der Waals surface area contributed by atoms with Crippen molar-refractivity contribution in [2.75, 3.05) is 14.2 Å². The van der Waals surface area contributed by atoms with Crippen LogP contribution in [0, 0.1) is 5.41 Å². The molecule has 160 valence electrons. The van der Waals surface area contributed by atoms with Crippen LogP contribution in [-0.4, -0.2) is 45.9 Å². The molecule has 0 spiro atoms. The van der Waals surface area contributed by atoms with Gasteiger partial charge in [0.05, 0.1) is 14.2 Å². The lowest BCUT2D eigenvalue weighted by atomic mass is 9.79. The van der Waals surface area contributed by atoms with Crippen molar-refractivity contribution in [1.82, 2.24) is 0 Å². The molecule has 0 aliphatic rings. The molecule has 0 aromatic heterocycles. The minimum absolute atomic E-state index is 0.0257. The molecule has 0 aliphatic heterocycles. The van der Waals surface area contributed by atoms with Crippen LogP contribution in [0.1, 0.15) is 47.0 Å². The van der Waals surface area contributed by atoms with Crippen LogP contribution in [0.3, 0.4) is 0 Å². The average Bonchev–Trinajstić information content (AvgIpc) is 2.60. The Morgan fingerprint density at radius 3 is 1.93 bits per heavy atom. The van der Waals surface area contributed by atoms with E-state index in [0.29, 0.717) is 6.42 Å². The molecule has 0 bridgehead atoms. The summed E-state index contributed by atoms with van der Waals surface area (Å²) in [5, 5.41) is -0.0257. The predicted molar refractivity (Wildman–Crippen MR) is 112 cm³/mol. The zero-order valence-electron chi connectivity index (χ0n) is 18.6. The molecule has 0 saturated heterocycles. The number of allylic oxidation sites excluding steroid dienone is 2. The second-order valence-electron chi connectivity index (χ2n) is 8.53. The Labute approximate surface area is 170 Å². The van der Waals surface area contributed by atoms with Crippen molar-refractivity contribution < 1.29 is 28.6 Å². The van der Waals surface area contributed by atoms with Gasteiger partial charge < -0.3 is 14.2 Å². The maximum Gasteiger partial charge on any atom is 0.323 e. The van der Waals surface area contributed by atoms with Crippen molar-refractivity contribution in [2.24, 2.45) is 5.41 Å². The van der Waals surface area contributed by atoms with E-state index in [1.807, 2.05) is 0 Å². The summed E-state index contributed by atoms with van der Waals surface area (Å²) in [7, 11) is 0.422. The topological polar surface area (TPSA) is 78.9 Å². The highest BCUT2D eigenvalue weighted by Crippen LogP contribution is 2.40. The van der Waals surface area contributed by atoms with E-state index in [1.54, 1.807) is 18.2 Å². The second-order valence-corrected chi connectivity index (χ2v) is 14.0. The Bertz CT molecular complexity index is 585. The smallest absolute Gasteiger partial charge is 0.323 e. The van der Waals surface area contributed by atoms with Crippen LogP contribution >= 0.6 is 0 Å². The Hall–Kier alpha value is -1.89. The van der Waals surface area contributed by atoms with Crippen LogP contribution in [-0.2, 0) is 28.6 Å². The van der Waals surface area contributed by atoms with Gasteiger partial charge in [-0.3, -0.25) is 14.4 Å². The van der Waals surface area contributed by atoms with Gasteiger partial charge in [0.1, 0.15) is 13.8 Å². The van der Waals surface area contributed by atoms with Crippen molar-refractivity contribution in [3.8, 4) is 0 Å². The molecule has 0 N–H and O–H groups in total. The third kappa shape index (κ3) is 6.33. The van der Waals surface area contributed by atoms with E-state index in [1.165, 1.54) is 21.1 Å². The molecule has 0 heterocycles. The van der Waals surface area contributed by atoms with E-state index >= 15 is 0 Å². The number of hydrogen-bond donors (Lipinski definition) is 0. The first-order chi connectivity index (χ1) is 12.8. The van der Waals surface area contributed by atoms with Gasteiger partial charge in [-0.1, -0.05) is 52.1 Å². The zero-order valence-corrected chi connectivity index (χ0v) is 19.6. The van der Waals surface area contributed by atoms with Gasteiger partial charge >= 0.3 is 17.9 Å². The van der Waals surface area contributed by atoms with Gasteiger partial charge in [0.15, 0.2) is 5.41 Å². The summed E-state index contributed by atoms with van der Waals surface area (Å²) in [6.07, 6.45) is 5.93. The summed E-state index contributed by atoms with van der Waals surface area (Å²) in [5.41, 5.74) is -1.85. The first kappa shape index (κ1) is 26.1. The highest BCUT2D eigenvalue weighted by Gasteiger charge is 2.47. The normalized spacial score (nSPS) is 13.7. The summed E-state index contributed by atoms with van der Waals surface area (Å²) < 4.78 is 15.4. The lowest BCUT2D eigenvalue weighted by Crippen LogP contribution is -2.50. The Morgan fingerprint density at radius 1 is 1.07 bits per heavy atom. The molecule has 0 radical (unpaired) electrons. The largest absolute Gasteiger partial charge is 0.468 e. The van der Waals surface area contributed by atoms with Gasteiger partial charge in [0.25, 0.3) is 0 Å². The SMILES string of the molecule is C=CCCC(C/C=C/[C@H](OC(C)=O)[Si](C)(C)C(C)(C)C)(C(=O)OC)C(=O)OC. The first-order valence-electron chi connectivity index (χ1n) is 9.41. The van der Waals surface area contributed by atoms with Gasteiger partial charge in [-0.05, 0) is 24.3 Å². The fourth-order valence-corrected chi connectivity index (χ4v) is 4.65. The monoisotopic (exact) mass is 412 g/mol. The van der Waals surface area contributed by atoms with Crippen molar-refractivity contribution in [1.29, 1.82) is 0 Å². The summed E-state index contributed by atoms with van der Waals surface area (Å²) in [5.74, 6) is -1.66. The highest BCUT2D eigenvalue weighted by atomic mass is 28.3. The van der Waals surface area contributed by atoms with Gasteiger partial charge in [0, 0.05) is 6.92 Å². The first-order valence-corrected chi connectivity index (χ1v) is 12.5. The quantitative estimate of drug-likeness (QED) is 0.176. The molecule has 0 aromatic rings. The molecule has 1 atom stereocenters. The van der Waals surface area contributed by atoms with Gasteiger partial charge in [-0.25, -0.2) is 0 Å². The van der Waals surface area contributed by atoms with E-state index in [9.17, 15) is 14.4 Å². The highest BCUT2D eigenvalue weighted by molar-refractivity contribution is 6.81. The molecular weight excluding hydrogens is 376 g/mol. The molecule has 0 rings (SSSR count). The molecule has 7 heteroatoms. The van der Waals surface area contributed by atoms with E-state index < -0.39 is 31.2 Å². The summed E-state index contributed by atoms with van der Waals surface area (Å²) in [6.45, 7) is 15.7. The van der Waals surface area contributed by atoms with E-state index in [0.717, 1.165) is 0 Å². The molecular formula is C21H36O6Si. The molecule has 0 aliphatic carbocycles. The number of carbonyl (C=O) groups excluding carboxylic acids is 3. The number of hydrogen-bond acceptors (Lipinski definition) is 6. The lowest BCUT2D eigenvalue weighted by molar-refractivity contribution is -0.169. The van der Waals surface area contributed by atoms with Crippen LogP contribution in [0.4, 0.5) is 0 Å². The lowest BCUT2D eigenvalue weighted by Gasteiger charge is -2.41.